The van der Waals surface area contributed by atoms with Crippen molar-refractivity contribution in [3.8, 4) is 0 Å². The van der Waals surface area contributed by atoms with E-state index in [9.17, 15) is 14.4 Å². The van der Waals surface area contributed by atoms with Gasteiger partial charge in [0.2, 0.25) is 0 Å². The zero-order chi connectivity index (χ0) is 48.6. The molecule has 0 spiro atoms. The van der Waals surface area contributed by atoms with E-state index < -0.39 is 6.10 Å². The summed E-state index contributed by atoms with van der Waals surface area (Å²) >= 11 is 0. The third kappa shape index (κ3) is 53.7. The molecule has 0 radical (unpaired) electrons. The molecule has 386 valence electrons. The van der Waals surface area contributed by atoms with Crippen LogP contribution in [0, 0.1) is 0 Å². The molecule has 0 aromatic carbocycles. The smallest absolute Gasteiger partial charge is 0.306 e. The average molecular weight is 936 g/mol. The standard InChI is InChI=1S/C61H106O6/c1-4-7-10-13-16-19-22-25-27-29-30-32-33-36-39-42-45-48-51-54-60(63)66-57-58(56-65-59(62)53-50-47-44-41-38-35-24-21-18-15-12-9-6-3)67-61(64)55-52-49-46-43-40-37-34-31-28-26-23-20-17-14-11-8-5-2/h8,11,16-17,19-20,25-28,30,32,58H,4-7,9-10,12-15,18,21-24,29,31,33-57H2,1-3H3/b11-8-,19-16-,20-17-,27-25-,28-26-,32-30-. The van der Waals surface area contributed by atoms with Crippen LogP contribution in [-0.2, 0) is 28.6 Å². The molecule has 0 aromatic rings. The Labute approximate surface area is 414 Å². The first kappa shape index (κ1) is 63.8. The summed E-state index contributed by atoms with van der Waals surface area (Å²) in [6, 6.07) is 0. The highest BCUT2D eigenvalue weighted by molar-refractivity contribution is 5.71. The van der Waals surface area contributed by atoms with Gasteiger partial charge in [-0.1, -0.05) is 241 Å². The molecule has 67 heavy (non-hydrogen) atoms. The molecule has 0 amide bonds. The highest BCUT2D eigenvalue weighted by Crippen LogP contribution is 2.15. The summed E-state index contributed by atoms with van der Waals surface area (Å²) in [6.45, 7) is 6.50. The fourth-order valence-corrected chi connectivity index (χ4v) is 7.93. The van der Waals surface area contributed by atoms with Gasteiger partial charge in [-0.05, 0) is 89.9 Å². The molecule has 0 aliphatic heterocycles. The van der Waals surface area contributed by atoms with Gasteiger partial charge in [0.15, 0.2) is 6.10 Å². The van der Waals surface area contributed by atoms with Crippen molar-refractivity contribution in [2.24, 2.45) is 0 Å². The van der Waals surface area contributed by atoms with Crippen LogP contribution in [0.15, 0.2) is 72.9 Å². The average Bonchev–Trinajstić information content (AvgIpc) is 3.33. The van der Waals surface area contributed by atoms with Gasteiger partial charge in [-0.3, -0.25) is 14.4 Å². The van der Waals surface area contributed by atoms with Crippen LogP contribution in [0.2, 0.25) is 0 Å². The Bertz CT molecular complexity index is 1260. The molecule has 0 aliphatic carbocycles. The van der Waals surface area contributed by atoms with E-state index in [1.165, 1.54) is 135 Å². The molecule has 0 bridgehead atoms. The molecule has 0 heterocycles. The van der Waals surface area contributed by atoms with Crippen LogP contribution in [0.25, 0.3) is 0 Å². The lowest BCUT2D eigenvalue weighted by Gasteiger charge is -2.18. The van der Waals surface area contributed by atoms with Gasteiger partial charge in [0.25, 0.3) is 0 Å². The molecule has 0 N–H and O–H groups in total. The van der Waals surface area contributed by atoms with Crippen molar-refractivity contribution >= 4 is 17.9 Å². The Morgan fingerprint density at radius 3 is 0.940 bits per heavy atom. The number of hydrogen-bond donors (Lipinski definition) is 0. The van der Waals surface area contributed by atoms with Gasteiger partial charge >= 0.3 is 17.9 Å². The van der Waals surface area contributed by atoms with E-state index in [1.807, 2.05) is 0 Å². The van der Waals surface area contributed by atoms with Gasteiger partial charge in [0, 0.05) is 19.3 Å². The quantitative estimate of drug-likeness (QED) is 0.0262. The largest absolute Gasteiger partial charge is 0.462 e. The molecule has 6 nitrogen and oxygen atoms in total. The minimum atomic E-state index is -0.785. The molecule has 1 atom stereocenters. The van der Waals surface area contributed by atoms with E-state index in [4.69, 9.17) is 14.2 Å². The van der Waals surface area contributed by atoms with Gasteiger partial charge in [0.1, 0.15) is 13.2 Å². The maximum Gasteiger partial charge on any atom is 0.306 e. The predicted molar refractivity (Wildman–Crippen MR) is 288 cm³/mol. The second-order valence-corrected chi connectivity index (χ2v) is 18.8. The first-order valence-corrected chi connectivity index (χ1v) is 28.4. The molecule has 0 saturated carbocycles. The summed E-state index contributed by atoms with van der Waals surface area (Å²) in [5.41, 5.74) is 0. The van der Waals surface area contributed by atoms with Gasteiger partial charge in [-0.2, -0.15) is 0 Å². The van der Waals surface area contributed by atoms with Crippen molar-refractivity contribution in [1.82, 2.24) is 0 Å². The lowest BCUT2D eigenvalue weighted by Crippen LogP contribution is -2.30. The Kier molecular flexibility index (Phi) is 52.8. The van der Waals surface area contributed by atoms with Crippen molar-refractivity contribution in [1.29, 1.82) is 0 Å². The fraction of sp³-hybridized carbons (Fsp3) is 0.754. The summed E-state index contributed by atoms with van der Waals surface area (Å²) < 4.78 is 16.9. The van der Waals surface area contributed by atoms with Gasteiger partial charge < -0.3 is 14.2 Å². The second-order valence-electron chi connectivity index (χ2n) is 18.8. The molecule has 0 saturated heterocycles. The van der Waals surface area contributed by atoms with Crippen LogP contribution in [0.3, 0.4) is 0 Å². The number of esters is 3. The number of carbonyl (C=O) groups excluding carboxylic acids is 3. The molecule has 1 unspecified atom stereocenters. The van der Waals surface area contributed by atoms with Gasteiger partial charge in [-0.25, -0.2) is 0 Å². The number of ether oxygens (including phenoxy) is 3. The van der Waals surface area contributed by atoms with Crippen molar-refractivity contribution in [3.63, 3.8) is 0 Å². The van der Waals surface area contributed by atoms with Crippen LogP contribution < -0.4 is 0 Å². The minimum Gasteiger partial charge on any atom is -0.462 e. The lowest BCUT2D eigenvalue weighted by molar-refractivity contribution is -0.167. The Balaban J connectivity index is 4.40. The molecule has 0 aliphatic rings. The third-order valence-corrected chi connectivity index (χ3v) is 12.2. The zero-order valence-corrected chi connectivity index (χ0v) is 44.2. The molecule has 0 rings (SSSR count). The van der Waals surface area contributed by atoms with Crippen LogP contribution >= 0.6 is 0 Å². The highest BCUT2D eigenvalue weighted by atomic mass is 16.6. The van der Waals surface area contributed by atoms with Crippen LogP contribution in [0.5, 0.6) is 0 Å². The lowest BCUT2D eigenvalue weighted by atomic mass is 10.0. The monoisotopic (exact) mass is 935 g/mol. The molecular weight excluding hydrogens is 829 g/mol. The van der Waals surface area contributed by atoms with Crippen molar-refractivity contribution < 1.29 is 28.6 Å². The summed E-state index contributed by atoms with van der Waals surface area (Å²) in [6.07, 6.45) is 70.2. The summed E-state index contributed by atoms with van der Waals surface area (Å²) in [4.78, 5) is 38.1. The van der Waals surface area contributed by atoms with E-state index in [1.54, 1.807) is 0 Å². The number of hydrogen-bond acceptors (Lipinski definition) is 6. The van der Waals surface area contributed by atoms with E-state index in [2.05, 4.69) is 93.7 Å². The minimum absolute atomic E-state index is 0.0818. The topological polar surface area (TPSA) is 78.9 Å². The van der Waals surface area contributed by atoms with Crippen LogP contribution in [0.4, 0.5) is 0 Å². The third-order valence-electron chi connectivity index (χ3n) is 12.2. The first-order valence-electron chi connectivity index (χ1n) is 28.4. The Morgan fingerprint density at radius 1 is 0.313 bits per heavy atom. The van der Waals surface area contributed by atoms with Crippen molar-refractivity contribution in [2.45, 2.75) is 284 Å². The van der Waals surface area contributed by atoms with E-state index in [0.717, 1.165) is 103 Å². The Hall–Kier alpha value is -3.15. The maximum atomic E-state index is 12.8. The Morgan fingerprint density at radius 2 is 0.582 bits per heavy atom. The normalized spacial score (nSPS) is 12.6. The first-order chi connectivity index (χ1) is 33.0. The summed E-state index contributed by atoms with van der Waals surface area (Å²) in [5, 5.41) is 0. The predicted octanol–water partition coefficient (Wildman–Crippen LogP) is 19.0. The molecule has 0 fully saturated rings. The molecule has 6 heteroatoms. The fourth-order valence-electron chi connectivity index (χ4n) is 7.93. The van der Waals surface area contributed by atoms with Crippen LogP contribution in [0.1, 0.15) is 278 Å². The van der Waals surface area contributed by atoms with E-state index in [-0.39, 0.29) is 31.1 Å². The van der Waals surface area contributed by atoms with E-state index in [0.29, 0.717) is 19.3 Å². The van der Waals surface area contributed by atoms with Gasteiger partial charge in [-0.15, -0.1) is 0 Å². The zero-order valence-electron chi connectivity index (χ0n) is 44.2. The van der Waals surface area contributed by atoms with Crippen LogP contribution in [-0.4, -0.2) is 37.2 Å². The number of rotatable bonds is 51. The van der Waals surface area contributed by atoms with Crippen molar-refractivity contribution in [3.05, 3.63) is 72.9 Å². The maximum absolute atomic E-state index is 12.8. The number of allylic oxidation sites excluding steroid dienone is 12. The summed E-state index contributed by atoms with van der Waals surface area (Å²) in [5.74, 6) is -0.896. The number of carbonyl (C=O) groups is 3. The van der Waals surface area contributed by atoms with Gasteiger partial charge in [0.05, 0.1) is 0 Å². The SMILES string of the molecule is CC/C=C\C/C=C\C/C=C\CCCCCCCCCC(=O)OC(COC(=O)CCCCCCCC/C=C\C/C=C\C/C=C\CCCCC)COC(=O)CCCCCCCCCCCCCCC. The van der Waals surface area contributed by atoms with Crippen molar-refractivity contribution in [2.75, 3.05) is 13.2 Å². The van der Waals surface area contributed by atoms with E-state index >= 15 is 0 Å². The molecular formula is C61H106O6. The second kappa shape index (κ2) is 55.4. The summed E-state index contributed by atoms with van der Waals surface area (Å²) in [7, 11) is 0. The molecule has 0 aromatic heterocycles. The number of unbranched alkanes of at least 4 members (excludes halogenated alkanes) is 28. The highest BCUT2D eigenvalue weighted by Gasteiger charge is 2.19.